The van der Waals surface area contributed by atoms with Crippen molar-refractivity contribution in [1.82, 2.24) is 4.90 Å². The largest absolute Gasteiger partial charge is 0.467 e. The third-order valence-corrected chi connectivity index (χ3v) is 5.14. The zero-order valence-electron chi connectivity index (χ0n) is 13.4. The Bertz CT molecular complexity index is 859. The van der Waals surface area contributed by atoms with Crippen LogP contribution in [0.5, 0.6) is 0 Å². The molecule has 1 aliphatic heterocycles. The van der Waals surface area contributed by atoms with E-state index in [0.717, 1.165) is 10.6 Å². The van der Waals surface area contributed by atoms with E-state index in [1.165, 1.54) is 11.3 Å². The van der Waals surface area contributed by atoms with Gasteiger partial charge in [-0.05, 0) is 35.7 Å². The normalized spacial score (nSPS) is 18.0. The summed E-state index contributed by atoms with van der Waals surface area (Å²) in [6.45, 7) is 0.314. The van der Waals surface area contributed by atoms with Crippen LogP contribution in [0.25, 0.3) is 0 Å². The van der Waals surface area contributed by atoms with Crippen molar-refractivity contribution in [3.05, 3.63) is 76.9 Å². The molecule has 6 heteroatoms. The summed E-state index contributed by atoms with van der Waals surface area (Å²) in [5.74, 6) is 0.467. The van der Waals surface area contributed by atoms with Gasteiger partial charge in [-0.1, -0.05) is 24.3 Å². The van der Waals surface area contributed by atoms with Gasteiger partial charge in [0, 0.05) is 10.6 Å². The monoisotopic (exact) mass is 352 g/mol. The topological polar surface area (TPSA) is 53.8 Å². The number of hydrogen-bond donors (Lipinski definition) is 0. The number of carbonyl (C=O) groups excluding carboxylic acids is 2. The summed E-state index contributed by atoms with van der Waals surface area (Å²) in [5, 5.41) is 1.92. The quantitative estimate of drug-likeness (QED) is 0.723. The second kappa shape index (κ2) is 6.57. The van der Waals surface area contributed by atoms with E-state index in [0.29, 0.717) is 5.76 Å². The van der Waals surface area contributed by atoms with E-state index in [4.69, 9.17) is 4.42 Å². The van der Waals surface area contributed by atoms with Crippen LogP contribution in [0.2, 0.25) is 0 Å². The second-order valence-corrected chi connectivity index (χ2v) is 6.76. The first-order valence-corrected chi connectivity index (χ1v) is 8.83. The highest BCUT2D eigenvalue weighted by atomic mass is 32.1. The fourth-order valence-electron chi connectivity index (χ4n) is 3.03. The smallest absolute Gasteiger partial charge is 0.255 e. The van der Waals surface area contributed by atoms with E-state index in [1.54, 1.807) is 22.1 Å². The van der Waals surface area contributed by atoms with Crippen LogP contribution in [-0.4, -0.2) is 23.3 Å². The molecule has 2 aromatic heterocycles. The maximum absolute atomic E-state index is 13.2. The fourth-order valence-corrected chi connectivity index (χ4v) is 3.86. The van der Waals surface area contributed by atoms with Crippen LogP contribution in [0.3, 0.4) is 0 Å². The highest BCUT2D eigenvalue weighted by Crippen LogP contribution is 2.33. The molecule has 0 radical (unpaired) electrons. The third kappa shape index (κ3) is 2.96. The number of furan rings is 1. The number of anilines is 1. The number of rotatable bonds is 4. The second-order valence-electron chi connectivity index (χ2n) is 5.78. The third-order valence-electron chi connectivity index (χ3n) is 4.21. The van der Waals surface area contributed by atoms with E-state index in [1.807, 2.05) is 53.9 Å². The minimum Gasteiger partial charge on any atom is -0.467 e. The van der Waals surface area contributed by atoms with Gasteiger partial charge in [-0.15, -0.1) is 11.3 Å². The van der Waals surface area contributed by atoms with Crippen LogP contribution < -0.4 is 4.90 Å². The van der Waals surface area contributed by atoms with Crippen molar-refractivity contribution >= 4 is 28.8 Å². The standard InChI is InChI=1S/C19H16N2O3S/c22-17-13-20(14-6-2-1-3-7-14)19(23)18(16-9-5-11-25-16)21(17)12-15-8-4-10-24-15/h1-11,18H,12-13H2/t18-/m0/s1. The Hall–Kier alpha value is -2.86. The van der Waals surface area contributed by atoms with Crippen molar-refractivity contribution in [2.45, 2.75) is 12.6 Å². The molecule has 0 bridgehead atoms. The maximum Gasteiger partial charge on any atom is 0.255 e. The van der Waals surface area contributed by atoms with E-state index in [-0.39, 0.29) is 24.9 Å². The van der Waals surface area contributed by atoms with Gasteiger partial charge in [0.25, 0.3) is 5.91 Å². The summed E-state index contributed by atoms with van der Waals surface area (Å²) in [6, 6.07) is 16.1. The number of hydrogen-bond acceptors (Lipinski definition) is 4. The van der Waals surface area contributed by atoms with Gasteiger partial charge in [0.05, 0.1) is 12.8 Å². The molecule has 25 heavy (non-hydrogen) atoms. The molecule has 0 saturated carbocycles. The lowest BCUT2D eigenvalue weighted by Gasteiger charge is -2.39. The number of benzene rings is 1. The summed E-state index contributed by atoms with van der Waals surface area (Å²) in [5.41, 5.74) is 0.736. The Balaban J connectivity index is 1.71. The number of para-hydroxylation sites is 1. The highest BCUT2D eigenvalue weighted by molar-refractivity contribution is 7.10. The summed E-state index contributed by atoms with van der Waals surface area (Å²) >= 11 is 1.48. The minimum absolute atomic E-state index is 0.0332. The molecule has 4 rings (SSSR count). The zero-order chi connectivity index (χ0) is 17.2. The van der Waals surface area contributed by atoms with Gasteiger partial charge in [0.2, 0.25) is 5.91 Å². The first-order chi connectivity index (χ1) is 12.2. The Morgan fingerprint density at radius 2 is 1.88 bits per heavy atom. The van der Waals surface area contributed by atoms with Crippen molar-refractivity contribution < 1.29 is 14.0 Å². The van der Waals surface area contributed by atoms with Gasteiger partial charge in [0.15, 0.2) is 0 Å². The number of amides is 2. The summed E-state index contributed by atoms with van der Waals surface area (Å²) in [4.78, 5) is 30.1. The summed E-state index contributed by atoms with van der Waals surface area (Å²) in [6.07, 6.45) is 1.57. The van der Waals surface area contributed by atoms with E-state index < -0.39 is 6.04 Å². The molecular weight excluding hydrogens is 336 g/mol. The first-order valence-electron chi connectivity index (χ1n) is 7.96. The van der Waals surface area contributed by atoms with Crippen molar-refractivity contribution in [2.24, 2.45) is 0 Å². The number of thiophene rings is 1. The molecule has 1 aromatic carbocycles. The van der Waals surface area contributed by atoms with Gasteiger partial charge < -0.3 is 14.2 Å². The van der Waals surface area contributed by atoms with Gasteiger partial charge in [-0.25, -0.2) is 0 Å². The predicted molar refractivity (Wildman–Crippen MR) is 95.1 cm³/mol. The SMILES string of the molecule is O=C1[C@H](c2cccs2)N(Cc2ccco2)C(=O)CN1c1ccccc1. The van der Waals surface area contributed by atoms with Crippen LogP contribution in [0, 0.1) is 0 Å². The molecule has 2 amide bonds. The highest BCUT2D eigenvalue weighted by Gasteiger charge is 2.41. The molecule has 3 aromatic rings. The van der Waals surface area contributed by atoms with Crippen LogP contribution in [0.15, 0.2) is 70.7 Å². The number of nitrogens with zero attached hydrogens (tertiary/aromatic N) is 2. The molecule has 0 aliphatic carbocycles. The van der Waals surface area contributed by atoms with Crippen molar-refractivity contribution in [3.63, 3.8) is 0 Å². The summed E-state index contributed by atoms with van der Waals surface area (Å²) in [7, 11) is 0. The number of carbonyl (C=O) groups is 2. The molecule has 0 N–H and O–H groups in total. The Morgan fingerprint density at radius 1 is 1.04 bits per heavy atom. The minimum atomic E-state index is -0.633. The molecule has 3 heterocycles. The molecule has 1 fully saturated rings. The lowest BCUT2D eigenvalue weighted by atomic mass is 10.1. The lowest BCUT2D eigenvalue weighted by molar-refractivity contribution is -0.144. The van der Waals surface area contributed by atoms with E-state index in [2.05, 4.69) is 0 Å². The Morgan fingerprint density at radius 3 is 2.56 bits per heavy atom. The van der Waals surface area contributed by atoms with Gasteiger partial charge in [-0.2, -0.15) is 0 Å². The molecule has 1 atom stereocenters. The first kappa shape index (κ1) is 15.7. The van der Waals surface area contributed by atoms with Crippen LogP contribution in [0.1, 0.15) is 16.7 Å². The fraction of sp³-hybridized carbons (Fsp3) is 0.158. The van der Waals surface area contributed by atoms with Crippen molar-refractivity contribution in [1.29, 1.82) is 0 Å². The lowest BCUT2D eigenvalue weighted by Crippen LogP contribution is -2.55. The molecule has 5 nitrogen and oxygen atoms in total. The van der Waals surface area contributed by atoms with Crippen molar-refractivity contribution in [3.8, 4) is 0 Å². The number of piperazine rings is 1. The molecule has 1 saturated heterocycles. The van der Waals surface area contributed by atoms with Crippen LogP contribution >= 0.6 is 11.3 Å². The molecule has 0 unspecified atom stereocenters. The van der Waals surface area contributed by atoms with Gasteiger partial charge in [-0.3, -0.25) is 9.59 Å². The maximum atomic E-state index is 13.2. The van der Waals surface area contributed by atoms with Crippen LogP contribution in [0.4, 0.5) is 5.69 Å². The average molecular weight is 352 g/mol. The summed E-state index contributed by atoms with van der Waals surface area (Å²) < 4.78 is 5.38. The molecular formula is C19H16N2O3S. The molecule has 0 spiro atoms. The van der Waals surface area contributed by atoms with Gasteiger partial charge in [0.1, 0.15) is 18.3 Å². The Kier molecular flexibility index (Phi) is 4.11. The van der Waals surface area contributed by atoms with Crippen molar-refractivity contribution in [2.75, 3.05) is 11.4 Å². The predicted octanol–water partition coefficient (Wildman–Crippen LogP) is 3.46. The van der Waals surface area contributed by atoms with E-state index in [9.17, 15) is 9.59 Å². The van der Waals surface area contributed by atoms with E-state index >= 15 is 0 Å². The zero-order valence-corrected chi connectivity index (χ0v) is 14.2. The Labute approximate surface area is 149 Å². The van der Waals surface area contributed by atoms with Gasteiger partial charge >= 0.3 is 0 Å². The van der Waals surface area contributed by atoms with Crippen LogP contribution in [-0.2, 0) is 16.1 Å². The average Bonchev–Trinajstić information content (AvgIpc) is 3.33. The molecule has 126 valence electrons. The molecule has 1 aliphatic rings.